The van der Waals surface area contributed by atoms with E-state index in [2.05, 4.69) is 15.0 Å². The van der Waals surface area contributed by atoms with Gasteiger partial charge in [0.15, 0.2) is 0 Å². The third-order valence-corrected chi connectivity index (χ3v) is 4.32. The predicted molar refractivity (Wildman–Crippen MR) is 101 cm³/mol. The maximum Gasteiger partial charge on any atom is 0.411 e. The number of ether oxygens (including phenoxy) is 1. The van der Waals surface area contributed by atoms with Gasteiger partial charge in [0, 0.05) is 25.0 Å². The zero-order valence-corrected chi connectivity index (χ0v) is 16.0. The molecule has 0 aliphatic rings. The summed E-state index contributed by atoms with van der Waals surface area (Å²) in [5.74, 6) is -0.356. The summed E-state index contributed by atoms with van der Waals surface area (Å²) in [6.07, 6.45) is -1.11. The Hall–Kier alpha value is -3.20. The third kappa shape index (κ3) is 5.66. The summed E-state index contributed by atoms with van der Waals surface area (Å²) in [5, 5.41) is 2.83. The number of hydrogen-bond donors (Lipinski definition) is 1. The first-order valence-electron chi connectivity index (χ1n) is 9.00. The van der Waals surface area contributed by atoms with E-state index in [1.165, 1.54) is 36.4 Å². The molecule has 1 heterocycles. The molecule has 0 radical (unpaired) electrons. The highest BCUT2D eigenvalue weighted by molar-refractivity contribution is 5.94. The fraction of sp³-hybridized carbons (Fsp3) is 0.238. The molecule has 1 aromatic heterocycles. The summed E-state index contributed by atoms with van der Waals surface area (Å²) in [7, 11) is 1.76. The molecule has 3 aromatic rings. The van der Waals surface area contributed by atoms with Crippen LogP contribution in [0.1, 0.15) is 33.4 Å². The number of hydrogen-bond acceptors (Lipinski definition) is 3. The number of alkyl halides is 3. The molecular formula is C21H19F4N3O2. The summed E-state index contributed by atoms with van der Waals surface area (Å²) in [5.41, 5.74) is 1.32. The number of rotatable bonds is 7. The van der Waals surface area contributed by atoms with Crippen LogP contribution in [-0.2, 0) is 18.4 Å². The molecule has 1 atom stereocenters. The monoisotopic (exact) mass is 421 g/mol. The van der Waals surface area contributed by atoms with Crippen molar-refractivity contribution in [2.45, 2.75) is 18.8 Å². The van der Waals surface area contributed by atoms with Crippen LogP contribution in [0.15, 0.2) is 60.9 Å². The molecule has 3 rings (SSSR count). The van der Waals surface area contributed by atoms with Gasteiger partial charge in [-0.15, -0.1) is 0 Å². The molecule has 1 N–H and O–H groups in total. The molecule has 30 heavy (non-hydrogen) atoms. The second-order valence-corrected chi connectivity index (χ2v) is 6.66. The van der Waals surface area contributed by atoms with Crippen LogP contribution in [0.2, 0.25) is 0 Å². The van der Waals surface area contributed by atoms with Crippen LogP contribution in [-0.4, -0.2) is 28.2 Å². The van der Waals surface area contributed by atoms with Gasteiger partial charge in [-0.25, -0.2) is 9.37 Å². The summed E-state index contributed by atoms with van der Waals surface area (Å²) >= 11 is 0. The molecule has 2 aromatic carbocycles. The number of carbonyl (C=O) groups excluding carboxylic acids is 1. The van der Waals surface area contributed by atoms with Crippen molar-refractivity contribution in [2.24, 2.45) is 7.05 Å². The zero-order valence-electron chi connectivity index (χ0n) is 16.0. The molecule has 0 aliphatic carbocycles. The highest BCUT2D eigenvalue weighted by Gasteiger charge is 2.27. The SMILES string of the molecule is Cn1ccnc1C(NC(=O)c1ccc(COCC(F)(F)F)cc1)c1cccc(F)c1. The normalized spacial score (nSPS) is 12.6. The van der Waals surface area contributed by atoms with Gasteiger partial charge in [0.1, 0.15) is 24.3 Å². The Kier molecular flexibility index (Phi) is 6.51. The molecule has 9 heteroatoms. The van der Waals surface area contributed by atoms with Crippen molar-refractivity contribution in [3.05, 3.63) is 89.3 Å². The van der Waals surface area contributed by atoms with E-state index in [1.807, 2.05) is 0 Å². The van der Waals surface area contributed by atoms with Gasteiger partial charge in [-0.05, 0) is 35.4 Å². The Morgan fingerprint density at radius 3 is 2.53 bits per heavy atom. The summed E-state index contributed by atoms with van der Waals surface area (Å²) in [4.78, 5) is 17.0. The summed E-state index contributed by atoms with van der Waals surface area (Å²) in [6.45, 7) is -1.56. The molecule has 0 fully saturated rings. The fourth-order valence-electron chi connectivity index (χ4n) is 2.89. The average molecular weight is 421 g/mol. The molecule has 0 saturated carbocycles. The number of halogens is 4. The third-order valence-electron chi connectivity index (χ3n) is 4.32. The van der Waals surface area contributed by atoms with E-state index in [1.54, 1.807) is 36.1 Å². The standard InChI is InChI=1S/C21H19F4N3O2/c1-28-10-9-26-19(28)18(16-3-2-4-17(22)11-16)27-20(29)15-7-5-14(6-8-15)12-30-13-21(23,24)25/h2-11,18H,12-13H2,1H3,(H,27,29). The predicted octanol–water partition coefficient (Wildman–Crippen LogP) is 4.16. The first-order valence-corrected chi connectivity index (χ1v) is 9.00. The van der Waals surface area contributed by atoms with E-state index in [0.717, 1.165) is 0 Å². The second-order valence-electron chi connectivity index (χ2n) is 6.66. The quantitative estimate of drug-likeness (QED) is 0.583. The number of nitrogens with zero attached hydrogens (tertiary/aromatic N) is 2. The smallest absolute Gasteiger partial charge is 0.367 e. The van der Waals surface area contributed by atoms with E-state index in [0.29, 0.717) is 22.5 Å². The lowest BCUT2D eigenvalue weighted by Gasteiger charge is -2.19. The maximum atomic E-state index is 13.7. The van der Waals surface area contributed by atoms with Gasteiger partial charge in [-0.3, -0.25) is 4.79 Å². The first kappa shape index (κ1) is 21.5. The van der Waals surface area contributed by atoms with Gasteiger partial charge in [-0.2, -0.15) is 13.2 Å². The maximum absolute atomic E-state index is 13.7. The van der Waals surface area contributed by atoms with Gasteiger partial charge >= 0.3 is 6.18 Å². The van der Waals surface area contributed by atoms with E-state index < -0.39 is 30.5 Å². The Labute approximate surface area is 170 Å². The lowest BCUT2D eigenvalue weighted by molar-refractivity contribution is -0.176. The van der Waals surface area contributed by atoms with Gasteiger partial charge in [0.05, 0.1) is 6.61 Å². The number of aryl methyl sites for hydroxylation is 1. The Morgan fingerprint density at radius 2 is 1.93 bits per heavy atom. The molecule has 158 valence electrons. The highest BCUT2D eigenvalue weighted by atomic mass is 19.4. The number of benzene rings is 2. The van der Waals surface area contributed by atoms with Crippen LogP contribution < -0.4 is 5.32 Å². The Bertz CT molecular complexity index is 1000. The van der Waals surface area contributed by atoms with Crippen LogP contribution >= 0.6 is 0 Å². The van der Waals surface area contributed by atoms with Crippen molar-refractivity contribution in [1.29, 1.82) is 0 Å². The van der Waals surface area contributed by atoms with Gasteiger partial charge in [0.25, 0.3) is 5.91 Å². The van der Waals surface area contributed by atoms with Crippen LogP contribution in [0.4, 0.5) is 17.6 Å². The van der Waals surface area contributed by atoms with Crippen molar-refractivity contribution in [2.75, 3.05) is 6.61 Å². The number of carbonyl (C=O) groups is 1. The van der Waals surface area contributed by atoms with Crippen molar-refractivity contribution < 1.29 is 27.1 Å². The minimum atomic E-state index is -4.39. The lowest BCUT2D eigenvalue weighted by Crippen LogP contribution is -2.31. The summed E-state index contributed by atoms with van der Waals surface area (Å²) < 4.78 is 56.5. The van der Waals surface area contributed by atoms with Crippen LogP contribution in [0.5, 0.6) is 0 Å². The lowest BCUT2D eigenvalue weighted by atomic mass is 10.0. The molecule has 1 amide bonds. The molecule has 0 aliphatic heterocycles. The van der Waals surface area contributed by atoms with Crippen molar-refractivity contribution in [3.8, 4) is 0 Å². The largest absolute Gasteiger partial charge is 0.411 e. The van der Waals surface area contributed by atoms with Gasteiger partial charge in [0.2, 0.25) is 0 Å². The number of amides is 1. The van der Waals surface area contributed by atoms with Crippen molar-refractivity contribution >= 4 is 5.91 Å². The minimum absolute atomic E-state index is 0.222. The Morgan fingerprint density at radius 1 is 1.20 bits per heavy atom. The number of aromatic nitrogens is 2. The second kappa shape index (κ2) is 9.08. The molecule has 0 spiro atoms. The van der Waals surface area contributed by atoms with Crippen LogP contribution in [0.25, 0.3) is 0 Å². The average Bonchev–Trinajstić information content (AvgIpc) is 3.11. The Balaban J connectivity index is 1.74. The van der Waals surface area contributed by atoms with Crippen molar-refractivity contribution in [3.63, 3.8) is 0 Å². The summed E-state index contributed by atoms with van der Waals surface area (Å²) in [6, 6.07) is 11.2. The molecule has 1 unspecified atom stereocenters. The van der Waals surface area contributed by atoms with Gasteiger partial charge < -0.3 is 14.6 Å². The molecule has 5 nitrogen and oxygen atoms in total. The minimum Gasteiger partial charge on any atom is -0.367 e. The molecule has 0 bridgehead atoms. The van der Waals surface area contributed by atoms with Gasteiger partial charge in [-0.1, -0.05) is 24.3 Å². The van der Waals surface area contributed by atoms with E-state index in [-0.39, 0.29) is 6.61 Å². The van der Waals surface area contributed by atoms with E-state index in [4.69, 9.17) is 0 Å². The van der Waals surface area contributed by atoms with Crippen LogP contribution in [0.3, 0.4) is 0 Å². The molecule has 0 saturated heterocycles. The van der Waals surface area contributed by atoms with Crippen molar-refractivity contribution in [1.82, 2.24) is 14.9 Å². The first-order chi connectivity index (χ1) is 14.2. The number of imidazole rings is 1. The fourth-order valence-corrected chi connectivity index (χ4v) is 2.89. The highest BCUT2D eigenvalue weighted by Crippen LogP contribution is 2.22. The van der Waals surface area contributed by atoms with Crippen LogP contribution in [0, 0.1) is 5.82 Å². The van der Waals surface area contributed by atoms with E-state index in [9.17, 15) is 22.4 Å². The van der Waals surface area contributed by atoms with E-state index >= 15 is 0 Å². The zero-order chi connectivity index (χ0) is 21.7. The topological polar surface area (TPSA) is 56.2 Å². The number of nitrogens with one attached hydrogen (secondary N) is 1. The molecular weight excluding hydrogens is 402 g/mol.